The molecule has 0 aromatic heterocycles. The number of carboxylic acid groups (broad SMARTS) is 1. The summed E-state index contributed by atoms with van der Waals surface area (Å²) >= 11 is 0. The molecule has 0 aliphatic carbocycles. The Balaban J connectivity index is 1.94. The van der Waals surface area contributed by atoms with Crippen LogP contribution in [0.4, 0.5) is 0 Å². The molecule has 0 aliphatic heterocycles. The molecule has 34 heavy (non-hydrogen) atoms. The second-order valence-electron chi connectivity index (χ2n) is 8.31. The first-order valence-electron chi connectivity index (χ1n) is 11.6. The summed E-state index contributed by atoms with van der Waals surface area (Å²) in [7, 11) is 3.10. The highest BCUT2D eigenvalue weighted by Gasteiger charge is 2.16. The first-order chi connectivity index (χ1) is 16.3. The summed E-state index contributed by atoms with van der Waals surface area (Å²) in [6, 6.07) is 10.7. The maximum Gasteiger partial charge on any atom is 0.340 e. The average Bonchev–Trinajstić information content (AvgIpc) is 2.81. The van der Waals surface area contributed by atoms with E-state index in [9.17, 15) is 20.1 Å². The van der Waals surface area contributed by atoms with E-state index in [4.69, 9.17) is 14.2 Å². The third-order valence-corrected chi connectivity index (χ3v) is 5.56. The molecule has 0 radical (unpaired) electrons. The molecule has 2 aromatic rings. The second-order valence-corrected chi connectivity index (χ2v) is 8.31. The van der Waals surface area contributed by atoms with Crippen molar-refractivity contribution in [2.75, 3.05) is 14.2 Å². The van der Waals surface area contributed by atoms with Crippen molar-refractivity contribution >= 4 is 12.0 Å². The highest BCUT2D eigenvalue weighted by Crippen LogP contribution is 2.29. The summed E-state index contributed by atoms with van der Waals surface area (Å²) < 4.78 is 16.5. The topological polar surface area (TPSA) is 105 Å². The van der Waals surface area contributed by atoms with Crippen molar-refractivity contribution in [1.29, 1.82) is 0 Å². The van der Waals surface area contributed by atoms with Crippen LogP contribution < -0.4 is 9.47 Å². The Morgan fingerprint density at radius 1 is 1.00 bits per heavy atom. The van der Waals surface area contributed by atoms with Crippen molar-refractivity contribution in [2.45, 2.75) is 64.3 Å². The van der Waals surface area contributed by atoms with Gasteiger partial charge < -0.3 is 29.5 Å². The van der Waals surface area contributed by atoms with Crippen molar-refractivity contribution in [1.82, 2.24) is 0 Å². The van der Waals surface area contributed by atoms with Gasteiger partial charge in [0.25, 0.3) is 0 Å². The van der Waals surface area contributed by atoms with Gasteiger partial charge >= 0.3 is 5.97 Å². The predicted molar refractivity (Wildman–Crippen MR) is 132 cm³/mol. The van der Waals surface area contributed by atoms with Crippen molar-refractivity contribution in [3.63, 3.8) is 0 Å². The lowest BCUT2D eigenvalue weighted by atomic mass is 10.0. The largest absolute Gasteiger partial charge is 0.507 e. The normalized spacial score (nSPS) is 13.1. The number of hydrogen-bond acceptors (Lipinski definition) is 6. The number of hydrogen-bond donors (Lipinski definition) is 3. The average molecular weight is 473 g/mol. The third-order valence-electron chi connectivity index (χ3n) is 5.56. The van der Waals surface area contributed by atoms with E-state index in [1.54, 1.807) is 26.2 Å². The Kier molecular flexibility index (Phi) is 11.4. The molecule has 2 atom stereocenters. The van der Waals surface area contributed by atoms with Crippen LogP contribution in [0.5, 0.6) is 17.2 Å². The summed E-state index contributed by atoms with van der Waals surface area (Å²) in [5.74, 6) is -0.312. The van der Waals surface area contributed by atoms with E-state index in [0.717, 1.165) is 49.8 Å². The van der Waals surface area contributed by atoms with Gasteiger partial charge in [0.1, 0.15) is 22.8 Å². The molecule has 0 amide bonds. The van der Waals surface area contributed by atoms with Gasteiger partial charge in [-0.3, -0.25) is 0 Å². The number of aromatic hydroxyl groups is 1. The Hall–Kier alpha value is -3.03. The Morgan fingerprint density at radius 3 is 2.29 bits per heavy atom. The van der Waals surface area contributed by atoms with Crippen LogP contribution in [0.15, 0.2) is 42.5 Å². The molecule has 0 fully saturated rings. The number of ether oxygens (including phenoxy) is 3. The lowest BCUT2D eigenvalue weighted by molar-refractivity contribution is 0.0247. The molecule has 0 saturated heterocycles. The number of allylic oxidation sites excluding steroid dienone is 1. The van der Waals surface area contributed by atoms with Gasteiger partial charge in [-0.2, -0.15) is 0 Å². The van der Waals surface area contributed by atoms with Gasteiger partial charge in [-0.15, -0.1) is 0 Å². The van der Waals surface area contributed by atoms with Gasteiger partial charge in [-0.05, 0) is 74.8 Å². The zero-order valence-corrected chi connectivity index (χ0v) is 20.2. The molecule has 2 rings (SSSR count). The lowest BCUT2D eigenvalue weighted by Crippen LogP contribution is -2.14. The number of methoxy groups -OCH3 is 2. The Bertz CT molecular complexity index is 919. The summed E-state index contributed by atoms with van der Waals surface area (Å²) in [4.78, 5) is 11.5. The smallest absolute Gasteiger partial charge is 0.340 e. The molecular weight excluding hydrogens is 436 g/mol. The number of phenols is 1. The van der Waals surface area contributed by atoms with Crippen LogP contribution >= 0.6 is 0 Å². The zero-order chi connectivity index (χ0) is 24.9. The number of aliphatic hydroxyl groups excluding tert-OH is 1. The quantitative estimate of drug-likeness (QED) is 0.297. The standard InChI is InChI=1S/C27H36O7/c1-19(28)8-7-11-23(34-18-20-12-14-22(32-2)15-13-20)10-6-4-5-9-21-16-24(33-3)17-25(29)26(21)27(30)31/h5,9,12-17,19,23,28-29H,4,6-8,10-11,18H2,1-3H3,(H,30,31)/b9-5+. The van der Waals surface area contributed by atoms with E-state index in [-0.39, 0.29) is 23.5 Å². The van der Waals surface area contributed by atoms with E-state index in [1.165, 1.54) is 13.2 Å². The predicted octanol–water partition coefficient (Wildman–Crippen LogP) is 5.43. The summed E-state index contributed by atoms with van der Waals surface area (Å²) in [6.07, 6.45) is 8.24. The molecule has 186 valence electrons. The summed E-state index contributed by atoms with van der Waals surface area (Å²) in [5, 5.41) is 29.0. The lowest BCUT2D eigenvalue weighted by Gasteiger charge is -2.18. The van der Waals surface area contributed by atoms with Crippen LogP contribution in [-0.4, -0.2) is 47.7 Å². The SMILES string of the molecule is COc1ccc(COC(CCC/C=C/c2cc(OC)cc(O)c2C(=O)O)CCCC(C)O)cc1. The fourth-order valence-corrected chi connectivity index (χ4v) is 3.67. The van der Waals surface area contributed by atoms with Crippen molar-refractivity contribution in [3.05, 3.63) is 59.2 Å². The minimum Gasteiger partial charge on any atom is -0.507 e. The van der Waals surface area contributed by atoms with E-state index >= 15 is 0 Å². The minimum atomic E-state index is -1.19. The maximum absolute atomic E-state index is 11.5. The van der Waals surface area contributed by atoms with Crippen LogP contribution in [0.2, 0.25) is 0 Å². The van der Waals surface area contributed by atoms with Gasteiger partial charge in [0, 0.05) is 6.07 Å². The monoisotopic (exact) mass is 472 g/mol. The number of aliphatic hydroxyl groups is 1. The summed E-state index contributed by atoms with van der Waals surface area (Å²) in [6.45, 7) is 2.30. The molecule has 7 heteroatoms. The second kappa shape index (κ2) is 14.3. The number of aromatic carboxylic acids is 1. The fourth-order valence-electron chi connectivity index (χ4n) is 3.67. The first-order valence-corrected chi connectivity index (χ1v) is 11.6. The molecule has 2 unspecified atom stereocenters. The number of rotatable bonds is 15. The van der Waals surface area contributed by atoms with E-state index in [2.05, 4.69) is 0 Å². The first kappa shape index (κ1) is 27.2. The van der Waals surface area contributed by atoms with E-state index in [0.29, 0.717) is 17.9 Å². The number of carbonyl (C=O) groups is 1. The number of benzene rings is 2. The van der Waals surface area contributed by atoms with E-state index in [1.807, 2.05) is 30.3 Å². The molecule has 0 heterocycles. The van der Waals surface area contributed by atoms with Crippen LogP contribution in [0.25, 0.3) is 6.08 Å². The molecule has 0 aliphatic rings. The Morgan fingerprint density at radius 2 is 1.68 bits per heavy atom. The molecule has 0 spiro atoms. The molecule has 7 nitrogen and oxygen atoms in total. The maximum atomic E-state index is 11.5. The molecule has 0 saturated carbocycles. The molecular formula is C27H36O7. The highest BCUT2D eigenvalue weighted by molar-refractivity contribution is 5.95. The highest BCUT2D eigenvalue weighted by atomic mass is 16.5. The molecule has 2 aromatic carbocycles. The van der Waals surface area contributed by atoms with Crippen LogP contribution in [0.3, 0.4) is 0 Å². The number of unbranched alkanes of at least 4 members (excludes halogenated alkanes) is 1. The van der Waals surface area contributed by atoms with Crippen LogP contribution in [0.1, 0.15) is 66.9 Å². The molecule has 3 N–H and O–H groups in total. The van der Waals surface area contributed by atoms with Gasteiger partial charge in [-0.25, -0.2) is 4.79 Å². The van der Waals surface area contributed by atoms with E-state index < -0.39 is 5.97 Å². The fraction of sp³-hybridized carbons (Fsp3) is 0.444. The minimum absolute atomic E-state index is 0.0599. The van der Waals surface area contributed by atoms with Gasteiger partial charge in [0.05, 0.1) is 33.0 Å². The van der Waals surface area contributed by atoms with Crippen LogP contribution in [-0.2, 0) is 11.3 Å². The van der Waals surface area contributed by atoms with Crippen molar-refractivity contribution in [2.24, 2.45) is 0 Å². The molecule has 0 bridgehead atoms. The zero-order valence-electron chi connectivity index (χ0n) is 20.2. The Labute approximate surface area is 201 Å². The van der Waals surface area contributed by atoms with Gasteiger partial charge in [0.15, 0.2) is 0 Å². The van der Waals surface area contributed by atoms with Gasteiger partial charge in [0.2, 0.25) is 0 Å². The van der Waals surface area contributed by atoms with Gasteiger partial charge in [-0.1, -0.05) is 24.3 Å². The van der Waals surface area contributed by atoms with Crippen molar-refractivity contribution < 1.29 is 34.3 Å². The van der Waals surface area contributed by atoms with Crippen LogP contribution in [0, 0.1) is 0 Å². The third kappa shape index (κ3) is 9.08. The van der Waals surface area contributed by atoms with Crippen molar-refractivity contribution in [3.8, 4) is 17.2 Å². The number of carboxylic acids is 1. The summed E-state index contributed by atoms with van der Waals surface area (Å²) in [5.41, 5.74) is 1.32.